The van der Waals surface area contributed by atoms with Crippen molar-refractivity contribution in [2.45, 2.75) is 32.1 Å². The minimum Gasteiger partial charge on any atom is -0.461 e. The van der Waals surface area contributed by atoms with Crippen LogP contribution in [0, 0.1) is 0 Å². The van der Waals surface area contributed by atoms with Crippen molar-refractivity contribution in [3.05, 3.63) is 71.8 Å². The molecule has 160 valence electrons. The Bertz CT molecular complexity index is 809. The van der Waals surface area contributed by atoms with Crippen molar-refractivity contribution in [3.8, 4) is 0 Å². The second kappa shape index (κ2) is 12.4. The molecular formula is C23H28N2O5. The number of carbonyl (C=O) groups excluding carboxylic acids is 3. The van der Waals surface area contributed by atoms with Gasteiger partial charge in [-0.15, -0.1) is 0 Å². The van der Waals surface area contributed by atoms with Gasteiger partial charge in [-0.3, -0.25) is 9.59 Å². The maximum Gasteiger partial charge on any atom is 0.328 e. The zero-order valence-electron chi connectivity index (χ0n) is 17.4. The first kappa shape index (κ1) is 23.1. The summed E-state index contributed by atoms with van der Waals surface area (Å²) in [5.74, 6) is -1.34. The fraction of sp³-hybridized carbons (Fsp3) is 0.348. The van der Waals surface area contributed by atoms with Crippen LogP contribution >= 0.6 is 0 Å². The number of rotatable bonds is 11. The standard InChI is InChI=1S/C23H28N2O5/c1-25(2)15-21(26)24-20(23(28)30-17-19-11-7-4-8-12-19)13-14-22(27)29-16-18-9-5-3-6-10-18/h3-12,20H,13-17H2,1-2H3,(H,24,26). The van der Waals surface area contributed by atoms with E-state index in [2.05, 4.69) is 5.32 Å². The first-order valence-corrected chi connectivity index (χ1v) is 9.78. The number of likely N-dealkylation sites (N-methyl/N-ethyl adjacent to an activating group) is 1. The Morgan fingerprint density at radius 3 is 1.93 bits per heavy atom. The molecule has 30 heavy (non-hydrogen) atoms. The number of amides is 1. The molecule has 2 aromatic carbocycles. The lowest BCUT2D eigenvalue weighted by Crippen LogP contribution is -2.45. The van der Waals surface area contributed by atoms with Gasteiger partial charge in [-0.1, -0.05) is 60.7 Å². The van der Waals surface area contributed by atoms with Gasteiger partial charge in [-0.25, -0.2) is 4.79 Å². The fourth-order valence-corrected chi connectivity index (χ4v) is 2.68. The number of nitrogens with zero attached hydrogens (tertiary/aromatic N) is 1. The lowest BCUT2D eigenvalue weighted by Gasteiger charge is -2.19. The van der Waals surface area contributed by atoms with Gasteiger partial charge in [0.1, 0.15) is 19.3 Å². The van der Waals surface area contributed by atoms with E-state index in [1.165, 1.54) is 0 Å². The first-order chi connectivity index (χ1) is 14.4. The van der Waals surface area contributed by atoms with Crippen LogP contribution in [0.2, 0.25) is 0 Å². The Kier molecular flexibility index (Phi) is 9.54. The van der Waals surface area contributed by atoms with Gasteiger partial charge in [0.2, 0.25) is 5.91 Å². The molecule has 2 aromatic rings. The van der Waals surface area contributed by atoms with Crippen molar-refractivity contribution in [3.63, 3.8) is 0 Å². The van der Waals surface area contributed by atoms with Gasteiger partial charge >= 0.3 is 11.9 Å². The first-order valence-electron chi connectivity index (χ1n) is 9.78. The third-order valence-corrected chi connectivity index (χ3v) is 4.18. The minimum atomic E-state index is -0.926. The van der Waals surface area contributed by atoms with Crippen LogP contribution in [0.4, 0.5) is 0 Å². The zero-order valence-corrected chi connectivity index (χ0v) is 17.4. The molecule has 0 aliphatic rings. The number of nitrogens with one attached hydrogen (secondary N) is 1. The maximum absolute atomic E-state index is 12.5. The second-order valence-electron chi connectivity index (χ2n) is 7.14. The van der Waals surface area contributed by atoms with Crippen LogP contribution < -0.4 is 5.32 Å². The van der Waals surface area contributed by atoms with E-state index in [4.69, 9.17) is 9.47 Å². The van der Waals surface area contributed by atoms with Crippen LogP contribution in [-0.2, 0) is 37.1 Å². The predicted octanol–water partition coefficient (Wildman–Crippen LogP) is 2.30. The highest BCUT2D eigenvalue weighted by atomic mass is 16.5. The van der Waals surface area contributed by atoms with E-state index in [0.717, 1.165) is 11.1 Å². The van der Waals surface area contributed by atoms with E-state index in [1.807, 2.05) is 60.7 Å². The summed E-state index contributed by atoms with van der Waals surface area (Å²) in [6.07, 6.45) is 0.0839. The van der Waals surface area contributed by atoms with Crippen LogP contribution in [0.5, 0.6) is 0 Å². The van der Waals surface area contributed by atoms with Crippen LogP contribution in [0.15, 0.2) is 60.7 Å². The van der Waals surface area contributed by atoms with Gasteiger partial charge < -0.3 is 19.7 Å². The molecule has 0 bridgehead atoms. The lowest BCUT2D eigenvalue weighted by molar-refractivity contribution is -0.150. The zero-order chi connectivity index (χ0) is 21.8. The highest BCUT2D eigenvalue weighted by molar-refractivity contribution is 5.85. The molecule has 0 spiro atoms. The molecule has 0 radical (unpaired) electrons. The molecule has 1 amide bonds. The van der Waals surface area contributed by atoms with Crippen molar-refractivity contribution >= 4 is 17.8 Å². The van der Waals surface area contributed by atoms with Gasteiger partial charge in [0.15, 0.2) is 0 Å². The van der Waals surface area contributed by atoms with Crippen molar-refractivity contribution in [1.82, 2.24) is 10.2 Å². The third kappa shape index (κ3) is 8.87. The van der Waals surface area contributed by atoms with Gasteiger partial charge in [0.05, 0.1) is 6.54 Å². The van der Waals surface area contributed by atoms with E-state index in [9.17, 15) is 14.4 Å². The van der Waals surface area contributed by atoms with Gasteiger partial charge in [-0.2, -0.15) is 0 Å². The van der Waals surface area contributed by atoms with Gasteiger partial charge in [0, 0.05) is 6.42 Å². The van der Waals surface area contributed by atoms with Crippen LogP contribution in [0.1, 0.15) is 24.0 Å². The predicted molar refractivity (Wildman–Crippen MR) is 112 cm³/mol. The average molecular weight is 412 g/mol. The molecule has 1 unspecified atom stereocenters. The largest absolute Gasteiger partial charge is 0.461 e. The SMILES string of the molecule is CN(C)CC(=O)NC(CCC(=O)OCc1ccccc1)C(=O)OCc1ccccc1. The molecule has 7 heteroatoms. The highest BCUT2D eigenvalue weighted by Gasteiger charge is 2.24. The summed E-state index contributed by atoms with van der Waals surface area (Å²) in [5, 5.41) is 2.65. The number of hydrogen-bond donors (Lipinski definition) is 1. The van der Waals surface area contributed by atoms with Crippen molar-refractivity contribution in [1.29, 1.82) is 0 Å². The number of carbonyl (C=O) groups is 3. The van der Waals surface area contributed by atoms with Crippen LogP contribution in [-0.4, -0.2) is 49.4 Å². The summed E-state index contributed by atoms with van der Waals surface area (Å²) in [6.45, 7) is 0.384. The number of benzene rings is 2. The Hall–Kier alpha value is -3.19. The number of hydrogen-bond acceptors (Lipinski definition) is 6. The fourth-order valence-electron chi connectivity index (χ4n) is 2.68. The highest BCUT2D eigenvalue weighted by Crippen LogP contribution is 2.08. The third-order valence-electron chi connectivity index (χ3n) is 4.18. The minimum absolute atomic E-state index is 0.0137. The van der Waals surface area contributed by atoms with E-state index < -0.39 is 18.0 Å². The summed E-state index contributed by atoms with van der Waals surface area (Å²) < 4.78 is 10.6. The summed E-state index contributed by atoms with van der Waals surface area (Å²) in [4.78, 5) is 38.4. The smallest absolute Gasteiger partial charge is 0.328 e. The van der Waals surface area contributed by atoms with Crippen LogP contribution in [0.25, 0.3) is 0 Å². The van der Waals surface area contributed by atoms with Crippen molar-refractivity contribution < 1.29 is 23.9 Å². The molecule has 1 atom stereocenters. The topological polar surface area (TPSA) is 84.9 Å². The molecule has 2 rings (SSSR count). The van der Waals surface area contributed by atoms with Crippen molar-refractivity contribution in [2.24, 2.45) is 0 Å². The summed E-state index contributed by atoms with van der Waals surface area (Å²) in [7, 11) is 3.51. The quantitative estimate of drug-likeness (QED) is 0.570. The molecule has 0 aliphatic heterocycles. The van der Waals surface area contributed by atoms with E-state index >= 15 is 0 Å². The summed E-state index contributed by atoms with van der Waals surface area (Å²) in [6, 6.07) is 17.7. The van der Waals surface area contributed by atoms with Crippen LogP contribution in [0.3, 0.4) is 0 Å². The molecule has 0 saturated heterocycles. The molecular weight excluding hydrogens is 384 g/mol. The molecule has 0 aliphatic carbocycles. The molecule has 0 fully saturated rings. The normalized spacial score (nSPS) is 11.6. The van der Waals surface area contributed by atoms with Gasteiger partial charge in [0.25, 0.3) is 0 Å². The Labute approximate surface area is 177 Å². The molecule has 0 heterocycles. The van der Waals surface area contributed by atoms with Gasteiger partial charge in [-0.05, 0) is 31.6 Å². The Morgan fingerprint density at radius 1 is 0.867 bits per heavy atom. The molecule has 7 nitrogen and oxygen atoms in total. The average Bonchev–Trinajstić information content (AvgIpc) is 2.74. The molecule has 0 saturated carbocycles. The van der Waals surface area contributed by atoms with Crippen molar-refractivity contribution in [2.75, 3.05) is 20.6 Å². The maximum atomic E-state index is 12.5. The second-order valence-corrected chi connectivity index (χ2v) is 7.14. The monoisotopic (exact) mass is 412 g/mol. The Balaban J connectivity index is 1.88. The lowest BCUT2D eigenvalue weighted by atomic mass is 10.1. The van der Waals surface area contributed by atoms with E-state index in [0.29, 0.717) is 0 Å². The molecule has 0 aromatic heterocycles. The molecule has 1 N–H and O–H groups in total. The summed E-state index contributed by atoms with van der Waals surface area (Å²) >= 11 is 0. The Morgan fingerprint density at radius 2 is 1.40 bits per heavy atom. The summed E-state index contributed by atoms with van der Waals surface area (Å²) in [5.41, 5.74) is 1.72. The number of ether oxygens (including phenoxy) is 2. The van der Waals surface area contributed by atoms with E-state index in [1.54, 1.807) is 19.0 Å². The number of esters is 2. The van der Waals surface area contributed by atoms with E-state index in [-0.39, 0.29) is 38.5 Å².